The van der Waals surface area contributed by atoms with Gasteiger partial charge in [0.05, 0.1) is 7.08 Å². The van der Waals surface area contributed by atoms with Crippen molar-refractivity contribution in [3.05, 3.63) is 11.6 Å². The Kier molecular flexibility index (Phi) is 2.50. The van der Waals surface area contributed by atoms with Gasteiger partial charge in [0.1, 0.15) is 5.60 Å². The summed E-state index contributed by atoms with van der Waals surface area (Å²) in [4.78, 5) is 0. The highest BCUT2D eigenvalue weighted by Gasteiger charge is 2.63. The van der Waals surface area contributed by atoms with Crippen LogP contribution in [-0.4, -0.2) is 21.6 Å². The van der Waals surface area contributed by atoms with Crippen LogP contribution >= 0.6 is 0 Å². The van der Waals surface area contributed by atoms with E-state index in [2.05, 4.69) is 11.1 Å². The van der Waals surface area contributed by atoms with E-state index in [0.29, 0.717) is 32.1 Å². The van der Waals surface area contributed by atoms with Gasteiger partial charge in [-0.1, -0.05) is 23.6 Å². The lowest BCUT2D eigenvalue weighted by Crippen LogP contribution is -2.53. The van der Waals surface area contributed by atoms with Crippen LogP contribution < -0.4 is 0 Å². The van der Waals surface area contributed by atoms with Crippen LogP contribution in [-0.2, 0) is 0 Å². The highest BCUT2D eigenvalue weighted by atomic mass is 16.4. The standard InChI is InChI=1S/C21H29NO2/c1-3-20-11-9-17-16-8-6-15(22-24)13-14(16)5-7-18(17)19(20)10-12-21(20,23)4-2/h2,13,16-19,23-24H,3,5-12H2,1H3/b22-15-/t16-,17+,18+,19-,20-,21-/m1/s1/i5D2,6D2,13D,16D. The average Bonchev–Trinajstić information content (AvgIpc) is 2.94. The van der Waals surface area contributed by atoms with Crippen LogP contribution in [0.5, 0.6) is 0 Å². The van der Waals surface area contributed by atoms with Gasteiger partial charge in [0.25, 0.3) is 0 Å². The second-order valence-electron chi connectivity index (χ2n) is 7.68. The Morgan fingerprint density at radius 3 is 2.92 bits per heavy atom. The summed E-state index contributed by atoms with van der Waals surface area (Å²) in [5.41, 5.74) is -2.32. The van der Waals surface area contributed by atoms with Gasteiger partial charge in [0, 0.05) is 12.3 Å². The molecule has 6 atom stereocenters. The molecule has 0 amide bonds. The Bertz CT molecular complexity index is 879. The molecule has 0 radical (unpaired) electrons. The highest BCUT2D eigenvalue weighted by molar-refractivity contribution is 5.96. The van der Waals surface area contributed by atoms with E-state index < -0.39 is 41.4 Å². The first-order valence-electron chi connectivity index (χ1n) is 12.0. The number of hydrogen-bond donors (Lipinski definition) is 2. The van der Waals surface area contributed by atoms with E-state index in [9.17, 15) is 11.7 Å². The zero-order valence-corrected chi connectivity index (χ0v) is 14.1. The van der Waals surface area contributed by atoms with E-state index in [1.54, 1.807) is 0 Å². The van der Waals surface area contributed by atoms with Crippen molar-refractivity contribution in [2.75, 3.05) is 0 Å². The van der Waals surface area contributed by atoms with Gasteiger partial charge in [-0.05, 0) is 87.4 Å². The molecule has 2 N–H and O–H groups in total. The van der Waals surface area contributed by atoms with E-state index in [1.807, 2.05) is 6.92 Å². The van der Waals surface area contributed by atoms with E-state index >= 15 is 0 Å². The van der Waals surface area contributed by atoms with Crippen molar-refractivity contribution >= 4 is 5.71 Å². The fourth-order valence-electron chi connectivity index (χ4n) is 6.05. The fraction of sp³-hybridized carbons (Fsp3) is 0.762. The van der Waals surface area contributed by atoms with Crippen LogP contribution in [0.15, 0.2) is 16.8 Å². The molecule has 3 heteroatoms. The number of allylic oxidation sites excluding steroid dienone is 2. The zero-order chi connectivity index (χ0) is 22.3. The molecular weight excluding hydrogens is 298 g/mol. The second-order valence-corrected chi connectivity index (χ2v) is 7.68. The molecule has 0 unspecified atom stereocenters. The molecule has 0 spiro atoms. The van der Waals surface area contributed by atoms with Crippen molar-refractivity contribution in [1.29, 1.82) is 0 Å². The summed E-state index contributed by atoms with van der Waals surface area (Å²) in [6.07, 6.45) is 4.22. The number of aliphatic hydroxyl groups is 1. The minimum absolute atomic E-state index is 0.0471. The third-order valence-electron chi connectivity index (χ3n) is 7.23. The lowest BCUT2D eigenvalue weighted by molar-refractivity contribution is -0.0989. The molecule has 3 nitrogen and oxygen atoms in total. The maximum atomic E-state index is 11.2. The number of fused-ring (bicyclic) bond motifs is 5. The molecule has 0 aromatic carbocycles. The Morgan fingerprint density at radius 2 is 2.21 bits per heavy atom. The molecule has 4 rings (SSSR count). The monoisotopic (exact) mass is 333 g/mol. The van der Waals surface area contributed by atoms with Crippen molar-refractivity contribution in [3.63, 3.8) is 0 Å². The van der Waals surface area contributed by atoms with Crippen LogP contribution in [0.2, 0.25) is 0 Å². The van der Waals surface area contributed by atoms with Crippen LogP contribution in [0.4, 0.5) is 0 Å². The van der Waals surface area contributed by atoms with Crippen molar-refractivity contribution in [1.82, 2.24) is 0 Å². The summed E-state index contributed by atoms with van der Waals surface area (Å²) in [5.74, 6) is 0.408. The summed E-state index contributed by atoms with van der Waals surface area (Å²) < 4.78 is 51.9. The maximum absolute atomic E-state index is 11.2. The highest BCUT2D eigenvalue weighted by Crippen LogP contribution is 2.66. The summed E-state index contributed by atoms with van der Waals surface area (Å²) in [6.45, 7) is 2.01. The molecule has 130 valence electrons. The normalized spacial score (nSPS) is 60.2. The van der Waals surface area contributed by atoms with Gasteiger partial charge in [-0.15, -0.1) is 6.42 Å². The molecule has 4 aliphatic carbocycles. The first-order valence-corrected chi connectivity index (χ1v) is 8.98. The first-order chi connectivity index (χ1) is 13.8. The van der Waals surface area contributed by atoms with Gasteiger partial charge in [-0.25, -0.2) is 0 Å². The minimum Gasteiger partial charge on any atom is -0.411 e. The third-order valence-corrected chi connectivity index (χ3v) is 7.23. The molecule has 0 aliphatic heterocycles. The van der Waals surface area contributed by atoms with Crippen LogP contribution in [0.3, 0.4) is 0 Å². The van der Waals surface area contributed by atoms with Gasteiger partial charge >= 0.3 is 0 Å². The van der Waals surface area contributed by atoms with E-state index in [-0.39, 0.29) is 36.2 Å². The van der Waals surface area contributed by atoms with E-state index in [4.69, 9.17) is 13.3 Å². The fourth-order valence-corrected chi connectivity index (χ4v) is 6.05. The van der Waals surface area contributed by atoms with Gasteiger partial charge in [0.2, 0.25) is 0 Å². The zero-order valence-electron chi connectivity index (χ0n) is 20.1. The number of rotatable bonds is 1. The smallest absolute Gasteiger partial charge is 0.131 e. The molecule has 0 bridgehead atoms. The molecule has 4 aliphatic rings. The number of hydrogen-bond acceptors (Lipinski definition) is 3. The first kappa shape index (κ1) is 10.7. The van der Waals surface area contributed by atoms with Gasteiger partial charge in [-0.2, -0.15) is 0 Å². The Balaban J connectivity index is 1.87. The minimum atomic E-state index is -2.19. The second kappa shape index (κ2) is 5.63. The molecule has 3 fully saturated rings. The number of nitrogens with zero attached hydrogens (tertiary/aromatic N) is 1. The van der Waals surface area contributed by atoms with Crippen molar-refractivity contribution in [2.45, 2.75) is 70.2 Å². The molecule has 0 heterocycles. The van der Waals surface area contributed by atoms with Crippen LogP contribution in [0.1, 0.15) is 72.8 Å². The van der Waals surface area contributed by atoms with Gasteiger partial charge < -0.3 is 10.3 Å². The molecule has 0 saturated heterocycles. The predicted molar refractivity (Wildman–Crippen MR) is 94.7 cm³/mol. The topological polar surface area (TPSA) is 52.8 Å². The number of oxime groups is 1. The molecule has 0 aromatic heterocycles. The van der Waals surface area contributed by atoms with Gasteiger partial charge in [0.15, 0.2) is 0 Å². The van der Waals surface area contributed by atoms with E-state index in [1.165, 1.54) is 0 Å². The van der Waals surface area contributed by atoms with Crippen LogP contribution in [0, 0.1) is 41.4 Å². The quantitative estimate of drug-likeness (QED) is 0.430. The van der Waals surface area contributed by atoms with Crippen molar-refractivity contribution in [2.24, 2.45) is 34.2 Å². The summed E-state index contributed by atoms with van der Waals surface area (Å²) in [6, 6.07) is -0.480. The third kappa shape index (κ3) is 1.99. The lowest BCUT2D eigenvalue weighted by Gasteiger charge is -2.56. The average molecular weight is 334 g/mol. The summed E-state index contributed by atoms with van der Waals surface area (Å²) in [7, 11) is 0. The largest absolute Gasteiger partial charge is 0.411 e. The van der Waals surface area contributed by atoms with Crippen molar-refractivity contribution < 1.29 is 18.5 Å². The summed E-state index contributed by atoms with van der Waals surface area (Å²) in [5, 5.41) is 23.5. The summed E-state index contributed by atoms with van der Waals surface area (Å²) >= 11 is 0. The van der Waals surface area contributed by atoms with Crippen molar-refractivity contribution in [3.8, 4) is 12.3 Å². The molecular formula is C21H29NO2. The predicted octanol–water partition coefficient (Wildman–Crippen LogP) is 4.14. The molecule has 24 heavy (non-hydrogen) atoms. The Hall–Kier alpha value is -1.27. The van der Waals surface area contributed by atoms with Crippen LogP contribution in [0.25, 0.3) is 0 Å². The Labute approximate surface area is 153 Å². The Morgan fingerprint density at radius 1 is 1.38 bits per heavy atom. The molecule has 0 aromatic rings. The number of terminal acetylenes is 1. The SMILES string of the molecule is [2H]C1=C2C([2H])([2H])C[C@@H]3[C@H]4CC[C@](O)(C#C)[C@]4(CC)CC[C@H]3[C@]2([2H])CC([2H])([2H])/C1=N/O. The molecule has 3 saturated carbocycles. The van der Waals surface area contributed by atoms with E-state index in [0.717, 1.165) is 0 Å². The van der Waals surface area contributed by atoms with Gasteiger partial charge in [-0.3, -0.25) is 0 Å². The maximum Gasteiger partial charge on any atom is 0.131 e. The lowest BCUT2D eigenvalue weighted by atomic mass is 9.49.